The number of esters is 1. The highest BCUT2D eigenvalue weighted by Gasteiger charge is 2.40. The fraction of sp³-hybridized carbons (Fsp3) is 0.615. The average Bonchev–Trinajstić information content (AvgIpc) is 3.46. The van der Waals surface area contributed by atoms with Crippen LogP contribution in [0.5, 0.6) is 0 Å². The Bertz CT molecular complexity index is 1150. The van der Waals surface area contributed by atoms with Crippen LogP contribution in [0.25, 0.3) is 10.9 Å². The van der Waals surface area contributed by atoms with Gasteiger partial charge >= 0.3 is 5.97 Å². The Morgan fingerprint density at radius 1 is 1.16 bits per heavy atom. The third-order valence-corrected chi connectivity index (χ3v) is 8.08. The van der Waals surface area contributed by atoms with Crippen LogP contribution in [0.4, 0.5) is 11.6 Å². The third kappa shape index (κ3) is 5.34. The molecular weight excluding hydrogens is 472 g/mol. The molecule has 4 fully saturated rings. The van der Waals surface area contributed by atoms with E-state index in [0.717, 1.165) is 54.6 Å². The molecular formula is C26H36N8O3. The maximum atomic E-state index is 12.8. The number of pyridine rings is 2. The number of nitrogens with zero attached hydrogens (tertiary/aromatic N) is 3. The van der Waals surface area contributed by atoms with Gasteiger partial charge in [0.05, 0.1) is 24.8 Å². The van der Waals surface area contributed by atoms with E-state index >= 15 is 0 Å². The predicted molar refractivity (Wildman–Crippen MR) is 140 cm³/mol. The fourth-order valence-electron chi connectivity index (χ4n) is 6.33. The summed E-state index contributed by atoms with van der Waals surface area (Å²) in [4.78, 5) is 36.4. The van der Waals surface area contributed by atoms with Crippen LogP contribution in [0.1, 0.15) is 51.9 Å². The van der Waals surface area contributed by atoms with Crippen molar-refractivity contribution in [1.29, 1.82) is 0 Å². The lowest BCUT2D eigenvalue weighted by Crippen LogP contribution is -2.58. The van der Waals surface area contributed by atoms with Gasteiger partial charge in [0.15, 0.2) is 0 Å². The number of hydrogen-bond acceptors (Lipinski definition) is 10. The molecule has 6 heterocycles. The Kier molecular flexibility index (Phi) is 6.83. The molecule has 0 saturated carbocycles. The van der Waals surface area contributed by atoms with Crippen molar-refractivity contribution < 1.29 is 14.3 Å². The van der Waals surface area contributed by atoms with Crippen LogP contribution in [0.2, 0.25) is 0 Å². The highest BCUT2D eigenvalue weighted by molar-refractivity contribution is 5.91. The summed E-state index contributed by atoms with van der Waals surface area (Å²) >= 11 is 0. The first-order chi connectivity index (χ1) is 18.0. The SMILES string of the molecule is CC1CC(Nc2cc3ncccc3c(NC3C[C@H]4CCC[C@@H](C3)N4CC(=O)N[C@@H]3CCOC3=O)n2)NN1. The van der Waals surface area contributed by atoms with Gasteiger partial charge in [-0.3, -0.25) is 20.1 Å². The Morgan fingerprint density at radius 3 is 2.73 bits per heavy atom. The van der Waals surface area contributed by atoms with Crippen LogP contribution in [0.15, 0.2) is 24.4 Å². The lowest BCUT2D eigenvalue weighted by Gasteiger charge is -2.48. The Hall–Kier alpha value is -3.02. The summed E-state index contributed by atoms with van der Waals surface area (Å²) in [6, 6.07) is 6.82. The fourth-order valence-corrected chi connectivity index (χ4v) is 6.33. The van der Waals surface area contributed by atoms with Crippen LogP contribution < -0.4 is 26.8 Å². The van der Waals surface area contributed by atoms with Gasteiger partial charge in [0.2, 0.25) is 5.91 Å². The molecule has 37 heavy (non-hydrogen) atoms. The summed E-state index contributed by atoms with van der Waals surface area (Å²) in [7, 11) is 0. The molecule has 4 aliphatic rings. The van der Waals surface area contributed by atoms with Crippen molar-refractivity contribution in [2.75, 3.05) is 23.8 Å². The summed E-state index contributed by atoms with van der Waals surface area (Å²) in [5.41, 5.74) is 7.42. The van der Waals surface area contributed by atoms with E-state index in [-0.39, 0.29) is 24.1 Å². The largest absolute Gasteiger partial charge is 0.464 e. The van der Waals surface area contributed by atoms with Gasteiger partial charge in [-0.1, -0.05) is 6.42 Å². The molecule has 0 aliphatic carbocycles. The number of carbonyl (C=O) groups is 2. The van der Waals surface area contributed by atoms with Gasteiger partial charge in [-0.25, -0.2) is 15.2 Å². The lowest BCUT2D eigenvalue weighted by atomic mass is 9.81. The van der Waals surface area contributed by atoms with Crippen molar-refractivity contribution in [3.05, 3.63) is 24.4 Å². The van der Waals surface area contributed by atoms with Crippen LogP contribution in [-0.4, -0.2) is 76.3 Å². The predicted octanol–water partition coefficient (Wildman–Crippen LogP) is 1.48. The van der Waals surface area contributed by atoms with Gasteiger partial charge < -0.3 is 20.7 Å². The van der Waals surface area contributed by atoms with Crippen molar-refractivity contribution >= 4 is 34.4 Å². The number of carbonyl (C=O) groups excluding carboxylic acids is 2. The number of fused-ring (bicyclic) bond motifs is 3. The molecule has 6 atom stereocenters. The normalized spacial score (nSPS) is 31.8. The standard InChI is InChI=1S/C26H36N8O3/c1-15-10-23(33-32-15)30-22-13-21-19(6-3-8-27-21)25(31-22)28-16-11-17-4-2-5-18(12-16)34(17)14-24(35)29-20-7-9-37-26(20)36/h3,6,8,13,15-18,20,23,32-33H,2,4-5,7,9-12,14H2,1H3,(H,29,35)(H2,28,30,31)/t15?,16?,17-,18+,20-,23?/m1/s1. The number of hydrazine groups is 1. The molecule has 3 unspecified atom stereocenters. The number of nitrogens with one attached hydrogen (secondary N) is 5. The lowest BCUT2D eigenvalue weighted by molar-refractivity contribution is -0.141. The summed E-state index contributed by atoms with van der Waals surface area (Å²) in [6.45, 7) is 2.86. The smallest absolute Gasteiger partial charge is 0.328 e. The zero-order valence-corrected chi connectivity index (χ0v) is 21.2. The third-order valence-electron chi connectivity index (χ3n) is 8.08. The average molecular weight is 509 g/mol. The molecule has 4 saturated heterocycles. The second-order valence-corrected chi connectivity index (χ2v) is 10.8. The van der Waals surface area contributed by atoms with Gasteiger partial charge in [-0.05, 0) is 51.2 Å². The number of ether oxygens (including phenoxy) is 1. The molecule has 198 valence electrons. The Labute approximate surface area is 216 Å². The molecule has 2 aromatic rings. The van der Waals surface area contributed by atoms with Gasteiger partial charge in [-0.15, -0.1) is 0 Å². The molecule has 4 aliphatic heterocycles. The van der Waals surface area contributed by atoms with Crippen molar-refractivity contribution in [2.24, 2.45) is 0 Å². The highest BCUT2D eigenvalue weighted by atomic mass is 16.5. The summed E-state index contributed by atoms with van der Waals surface area (Å²) in [5.74, 6) is 1.23. The Morgan fingerprint density at radius 2 is 2.00 bits per heavy atom. The van der Waals surface area contributed by atoms with E-state index in [0.29, 0.717) is 37.7 Å². The second-order valence-electron chi connectivity index (χ2n) is 10.8. The maximum absolute atomic E-state index is 12.8. The molecule has 2 bridgehead atoms. The van der Waals surface area contributed by atoms with Gasteiger partial charge in [-0.2, -0.15) is 0 Å². The Balaban J connectivity index is 1.14. The molecule has 2 aromatic heterocycles. The molecule has 6 rings (SSSR count). The molecule has 5 N–H and O–H groups in total. The highest BCUT2D eigenvalue weighted by Crippen LogP contribution is 2.36. The summed E-state index contributed by atoms with van der Waals surface area (Å²) < 4.78 is 4.99. The maximum Gasteiger partial charge on any atom is 0.328 e. The number of hydrogen-bond donors (Lipinski definition) is 5. The van der Waals surface area contributed by atoms with E-state index in [2.05, 4.69) is 49.7 Å². The summed E-state index contributed by atoms with van der Waals surface area (Å²) in [5, 5.41) is 11.1. The van der Waals surface area contributed by atoms with Crippen molar-refractivity contribution in [3.8, 4) is 0 Å². The molecule has 11 heteroatoms. The molecule has 0 spiro atoms. The van der Waals surface area contributed by atoms with Crippen LogP contribution in [0, 0.1) is 0 Å². The van der Waals surface area contributed by atoms with E-state index in [9.17, 15) is 9.59 Å². The number of piperidine rings is 2. The first kappa shape index (κ1) is 24.3. The minimum atomic E-state index is -0.501. The van der Waals surface area contributed by atoms with Gasteiger partial charge in [0, 0.05) is 48.2 Å². The first-order valence-corrected chi connectivity index (χ1v) is 13.5. The minimum Gasteiger partial charge on any atom is -0.464 e. The monoisotopic (exact) mass is 508 g/mol. The summed E-state index contributed by atoms with van der Waals surface area (Å²) in [6.07, 6.45) is 8.65. The second kappa shape index (κ2) is 10.4. The first-order valence-electron chi connectivity index (χ1n) is 13.5. The van der Waals surface area contributed by atoms with Crippen LogP contribution in [-0.2, 0) is 14.3 Å². The minimum absolute atomic E-state index is 0.0889. The van der Waals surface area contributed by atoms with E-state index in [1.165, 1.54) is 6.42 Å². The number of cyclic esters (lactones) is 1. The van der Waals surface area contributed by atoms with Crippen LogP contribution in [0.3, 0.4) is 0 Å². The molecule has 1 amide bonds. The van der Waals surface area contributed by atoms with Crippen LogP contribution >= 0.6 is 0 Å². The van der Waals surface area contributed by atoms with Gasteiger partial charge in [0.25, 0.3) is 0 Å². The topological polar surface area (TPSA) is 133 Å². The number of rotatable bonds is 7. The number of amides is 1. The molecule has 0 radical (unpaired) electrons. The van der Waals surface area contributed by atoms with E-state index < -0.39 is 6.04 Å². The van der Waals surface area contributed by atoms with Crippen molar-refractivity contribution in [2.45, 2.75) is 88.2 Å². The molecule has 0 aromatic carbocycles. The van der Waals surface area contributed by atoms with E-state index in [1.807, 2.05) is 18.3 Å². The number of aromatic nitrogens is 2. The molecule has 11 nitrogen and oxygen atoms in total. The zero-order chi connectivity index (χ0) is 25.4. The quantitative estimate of drug-likeness (QED) is 0.350. The van der Waals surface area contributed by atoms with Crippen molar-refractivity contribution in [3.63, 3.8) is 0 Å². The van der Waals surface area contributed by atoms with E-state index in [4.69, 9.17) is 9.72 Å². The van der Waals surface area contributed by atoms with Gasteiger partial charge in [0.1, 0.15) is 17.7 Å². The number of anilines is 2. The van der Waals surface area contributed by atoms with E-state index in [1.54, 1.807) is 0 Å². The van der Waals surface area contributed by atoms with Crippen molar-refractivity contribution in [1.82, 2.24) is 31.0 Å². The zero-order valence-electron chi connectivity index (χ0n) is 21.2.